The van der Waals surface area contributed by atoms with E-state index in [0.717, 1.165) is 0 Å². The Morgan fingerprint density at radius 2 is 2.11 bits per heavy atom. The number of hydrogen-bond donors (Lipinski definition) is 2. The number of rotatable bonds is 5. The maximum Gasteiger partial charge on any atom is 0.326 e. The van der Waals surface area contributed by atoms with Gasteiger partial charge in [-0.05, 0) is 19.3 Å². The normalized spacial score (nSPS) is 18.2. The van der Waals surface area contributed by atoms with Crippen LogP contribution in [0.1, 0.15) is 26.2 Å². The van der Waals surface area contributed by atoms with Gasteiger partial charge in [0.25, 0.3) is 0 Å². The molecule has 19 heavy (non-hydrogen) atoms. The number of carbonyl (C=O) groups is 3. The van der Waals surface area contributed by atoms with Gasteiger partial charge in [0.05, 0.1) is 0 Å². The number of carbonyl (C=O) groups excluding carboxylic acids is 2. The number of amides is 3. The second kappa shape index (κ2) is 6.96. The van der Waals surface area contributed by atoms with E-state index in [1.807, 2.05) is 6.92 Å². The molecule has 0 saturated carbocycles. The first kappa shape index (κ1) is 15.3. The van der Waals surface area contributed by atoms with Gasteiger partial charge in [0.2, 0.25) is 5.91 Å². The van der Waals surface area contributed by atoms with Crippen LogP contribution < -0.4 is 5.32 Å². The maximum atomic E-state index is 12.3. The van der Waals surface area contributed by atoms with E-state index in [-0.39, 0.29) is 18.5 Å². The Bertz CT molecular complexity index is 359. The molecule has 3 amide bonds. The van der Waals surface area contributed by atoms with Crippen LogP contribution in [0.4, 0.5) is 4.79 Å². The third-order valence-corrected chi connectivity index (χ3v) is 3.16. The second-order valence-electron chi connectivity index (χ2n) is 4.57. The van der Waals surface area contributed by atoms with E-state index in [1.54, 1.807) is 0 Å². The van der Waals surface area contributed by atoms with E-state index >= 15 is 0 Å². The fraction of sp³-hybridized carbons (Fsp3) is 0.750. The molecule has 0 spiro atoms. The summed E-state index contributed by atoms with van der Waals surface area (Å²) in [7, 11) is 1.51. The molecule has 7 heteroatoms. The van der Waals surface area contributed by atoms with Gasteiger partial charge in [-0.25, -0.2) is 9.59 Å². The minimum Gasteiger partial charge on any atom is -0.480 e. The number of carboxylic acids is 1. The molecule has 0 aromatic carbocycles. The highest BCUT2D eigenvalue weighted by molar-refractivity contribution is 5.87. The van der Waals surface area contributed by atoms with Crippen LogP contribution in [-0.2, 0) is 9.59 Å². The van der Waals surface area contributed by atoms with E-state index in [1.165, 1.54) is 16.8 Å². The number of nitrogens with one attached hydrogen (secondary N) is 1. The Labute approximate surface area is 112 Å². The lowest BCUT2D eigenvalue weighted by atomic mass is 10.2. The minimum atomic E-state index is -0.984. The van der Waals surface area contributed by atoms with E-state index < -0.39 is 12.0 Å². The molecule has 1 heterocycles. The summed E-state index contributed by atoms with van der Waals surface area (Å²) in [5, 5.41) is 11.5. The van der Waals surface area contributed by atoms with Gasteiger partial charge in [-0.2, -0.15) is 0 Å². The van der Waals surface area contributed by atoms with E-state index in [4.69, 9.17) is 5.11 Å². The summed E-state index contributed by atoms with van der Waals surface area (Å²) in [4.78, 5) is 37.5. The first-order valence-electron chi connectivity index (χ1n) is 6.50. The highest BCUT2D eigenvalue weighted by atomic mass is 16.4. The van der Waals surface area contributed by atoms with Crippen LogP contribution in [0.15, 0.2) is 0 Å². The predicted octanol–water partition coefficient (Wildman–Crippen LogP) is 0.113. The van der Waals surface area contributed by atoms with Gasteiger partial charge in [-0.15, -0.1) is 0 Å². The van der Waals surface area contributed by atoms with Crippen molar-refractivity contribution in [2.75, 3.05) is 26.7 Å². The number of nitrogens with zero attached hydrogens (tertiary/aromatic N) is 2. The van der Waals surface area contributed by atoms with Crippen molar-refractivity contribution in [2.24, 2.45) is 0 Å². The highest BCUT2D eigenvalue weighted by Gasteiger charge is 2.36. The van der Waals surface area contributed by atoms with Gasteiger partial charge in [0.15, 0.2) is 0 Å². The molecule has 0 bridgehead atoms. The van der Waals surface area contributed by atoms with E-state index in [0.29, 0.717) is 32.4 Å². The lowest BCUT2D eigenvalue weighted by Crippen LogP contribution is -2.50. The summed E-state index contributed by atoms with van der Waals surface area (Å²) in [6.45, 7) is 2.74. The number of hydrogen-bond acceptors (Lipinski definition) is 3. The van der Waals surface area contributed by atoms with Crippen molar-refractivity contribution in [3.05, 3.63) is 0 Å². The smallest absolute Gasteiger partial charge is 0.326 e. The molecule has 1 aliphatic heterocycles. The molecule has 1 rings (SSSR count). The fourth-order valence-corrected chi connectivity index (χ4v) is 2.20. The number of likely N-dealkylation sites (N-methyl/N-ethyl adjacent to an activating group) is 1. The zero-order valence-electron chi connectivity index (χ0n) is 11.4. The van der Waals surface area contributed by atoms with Crippen molar-refractivity contribution in [2.45, 2.75) is 32.2 Å². The molecule has 1 atom stereocenters. The van der Waals surface area contributed by atoms with Crippen LogP contribution in [0.3, 0.4) is 0 Å². The summed E-state index contributed by atoms with van der Waals surface area (Å²) in [6, 6.07) is -1.13. The standard InChI is InChI=1S/C12H21N3O4/c1-3-6-14(8-10(16)13-2)12(19)15-7-4-5-9(15)11(17)18/h9H,3-8H2,1-2H3,(H,13,16)(H,17,18)/t9-/m1/s1. The molecule has 0 aliphatic carbocycles. The van der Waals surface area contributed by atoms with Crippen LogP contribution in [0.5, 0.6) is 0 Å². The summed E-state index contributed by atoms with van der Waals surface area (Å²) in [5.41, 5.74) is 0. The van der Waals surface area contributed by atoms with Crippen molar-refractivity contribution >= 4 is 17.9 Å². The summed E-state index contributed by atoms with van der Waals surface area (Å²) < 4.78 is 0. The minimum absolute atomic E-state index is 0.0357. The van der Waals surface area contributed by atoms with Crippen LogP contribution >= 0.6 is 0 Å². The first-order valence-corrected chi connectivity index (χ1v) is 6.50. The first-order chi connectivity index (χ1) is 9.01. The zero-order valence-corrected chi connectivity index (χ0v) is 11.4. The Balaban J connectivity index is 2.75. The van der Waals surface area contributed by atoms with Crippen LogP contribution in [0.2, 0.25) is 0 Å². The fourth-order valence-electron chi connectivity index (χ4n) is 2.20. The highest BCUT2D eigenvalue weighted by Crippen LogP contribution is 2.19. The lowest BCUT2D eigenvalue weighted by molar-refractivity contribution is -0.141. The molecule has 0 unspecified atom stereocenters. The van der Waals surface area contributed by atoms with Crippen molar-refractivity contribution in [1.82, 2.24) is 15.1 Å². The number of likely N-dealkylation sites (tertiary alicyclic amines) is 1. The largest absolute Gasteiger partial charge is 0.480 e. The summed E-state index contributed by atoms with van der Waals surface area (Å²) in [5.74, 6) is -1.24. The van der Waals surface area contributed by atoms with Crippen LogP contribution in [-0.4, -0.2) is 65.5 Å². The molecular formula is C12H21N3O4. The third-order valence-electron chi connectivity index (χ3n) is 3.16. The molecule has 108 valence electrons. The van der Waals surface area contributed by atoms with Crippen molar-refractivity contribution in [3.8, 4) is 0 Å². The van der Waals surface area contributed by atoms with Crippen molar-refractivity contribution < 1.29 is 19.5 Å². The maximum absolute atomic E-state index is 12.3. The van der Waals surface area contributed by atoms with Gasteiger partial charge < -0.3 is 20.2 Å². The van der Waals surface area contributed by atoms with Crippen LogP contribution in [0, 0.1) is 0 Å². The summed E-state index contributed by atoms with van der Waals surface area (Å²) >= 11 is 0. The van der Waals surface area contributed by atoms with Crippen molar-refractivity contribution in [1.29, 1.82) is 0 Å². The van der Waals surface area contributed by atoms with Crippen molar-refractivity contribution in [3.63, 3.8) is 0 Å². The number of urea groups is 1. The van der Waals surface area contributed by atoms with Gasteiger partial charge in [0, 0.05) is 20.1 Å². The second-order valence-corrected chi connectivity index (χ2v) is 4.57. The Hall–Kier alpha value is -1.79. The molecule has 1 aliphatic rings. The Kier molecular flexibility index (Phi) is 5.59. The molecular weight excluding hydrogens is 250 g/mol. The quantitative estimate of drug-likeness (QED) is 0.743. The molecule has 0 aromatic heterocycles. The van der Waals surface area contributed by atoms with E-state index in [9.17, 15) is 14.4 Å². The molecule has 1 saturated heterocycles. The average molecular weight is 271 g/mol. The predicted molar refractivity (Wildman–Crippen MR) is 68.7 cm³/mol. The zero-order chi connectivity index (χ0) is 14.4. The third kappa shape index (κ3) is 3.84. The topological polar surface area (TPSA) is 90.0 Å². The number of carboxylic acid groups (broad SMARTS) is 1. The van der Waals surface area contributed by atoms with Gasteiger partial charge in [-0.1, -0.05) is 6.92 Å². The van der Waals surface area contributed by atoms with Gasteiger partial charge in [-0.3, -0.25) is 4.79 Å². The average Bonchev–Trinajstić information content (AvgIpc) is 2.86. The van der Waals surface area contributed by atoms with Gasteiger partial charge >= 0.3 is 12.0 Å². The van der Waals surface area contributed by atoms with Crippen LogP contribution in [0.25, 0.3) is 0 Å². The lowest BCUT2D eigenvalue weighted by Gasteiger charge is -2.29. The molecule has 0 radical (unpaired) electrons. The van der Waals surface area contributed by atoms with E-state index in [2.05, 4.69) is 5.32 Å². The molecule has 1 fully saturated rings. The van der Waals surface area contributed by atoms with Gasteiger partial charge in [0.1, 0.15) is 12.6 Å². The monoisotopic (exact) mass is 271 g/mol. The number of aliphatic carboxylic acids is 1. The summed E-state index contributed by atoms with van der Waals surface area (Å²) in [6.07, 6.45) is 1.87. The molecule has 2 N–H and O–H groups in total. The molecule has 0 aromatic rings. The Morgan fingerprint density at radius 1 is 1.42 bits per heavy atom. The molecule has 7 nitrogen and oxygen atoms in total. The SMILES string of the molecule is CCCN(CC(=O)NC)C(=O)N1CCC[C@@H]1C(=O)O. The Morgan fingerprint density at radius 3 is 2.63 bits per heavy atom.